The van der Waals surface area contributed by atoms with Crippen molar-refractivity contribution in [3.05, 3.63) is 54.1 Å². The van der Waals surface area contributed by atoms with Gasteiger partial charge in [0, 0.05) is 37.6 Å². The van der Waals surface area contributed by atoms with E-state index in [0.29, 0.717) is 6.54 Å². The SMILES string of the molecule is Cc1ccccc1N1CC[NH+](CC(=O)N2CCN(c3ccc(O)cc3)CC2)CC1. The molecule has 2 fully saturated rings. The number of hydrogen-bond acceptors (Lipinski definition) is 4. The fraction of sp³-hybridized carbons (Fsp3) is 0.435. The molecule has 1 amide bonds. The highest BCUT2D eigenvalue weighted by Gasteiger charge is 2.27. The molecule has 0 unspecified atom stereocenters. The number of nitrogens with one attached hydrogen (secondary N) is 1. The van der Waals surface area contributed by atoms with Crippen LogP contribution in [0.4, 0.5) is 11.4 Å². The lowest BCUT2D eigenvalue weighted by Crippen LogP contribution is -3.16. The molecule has 0 atom stereocenters. The first-order valence-corrected chi connectivity index (χ1v) is 10.6. The second kappa shape index (κ2) is 8.74. The Kier molecular flexibility index (Phi) is 5.90. The van der Waals surface area contributed by atoms with Crippen LogP contribution in [-0.2, 0) is 4.79 Å². The third-order valence-corrected chi connectivity index (χ3v) is 6.18. The number of amides is 1. The smallest absolute Gasteiger partial charge is 0.277 e. The minimum absolute atomic E-state index is 0.273. The molecule has 154 valence electrons. The maximum absolute atomic E-state index is 12.8. The van der Waals surface area contributed by atoms with Crippen LogP contribution in [0.2, 0.25) is 0 Å². The normalized spacial score (nSPS) is 18.2. The molecule has 29 heavy (non-hydrogen) atoms. The summed E-state index contributed by atoms with van der Waals surface area (Å²) >= 11 is 0. The molecule has 2 aromatic carbocycles. The van der Waals surface area contributed by atoms with Crippen LogP contribution in [0, 0.1) is 6.92 Å². The number of quaternary nitrogens is 1. The minimum atomic E-state index is 0.273. The van der Waals surface area contributed by atoms with Crippen molar-refractivity contribution < 1.29 is 14.8 Å². The summed E-state index contributed by atoms with van der Waals surface area (Å²) in [5, 5.41) is 9.44. The molecule has 6 nitrogen and oxygen atoms in total. The first kappa shape index (κ1) is 19.6. The maximum atomic E-state index is 12.8. The Balaban J connectivity index is 1.23. The lowest BCUT2D eigenvalue weighted by Gasteiger charge is -2.38. The number of phenols is 1. The van der Waals surface area contributed by atoms with E-state index in [-0.39, 0.29) is 11.7 Å². The summed E-state index contributed by atoms with van der Waals surface area (Å²) in [6, 6.07) is 15.8. The third kappa shape index (κ3) is 4.65. The molecule has 4 rings (SSSR count). The third-order valence-electron chi connectivity index (χ3n) is 6.18. The van der Waals surface area contributed by atoms with Crippen LogP contribution in [-0.4, -0.2) is 74.8 Å². The molecule has 2 heterocycles. The van der Waals surface area contributed by atoms with E-state index in [9.17, 15) is 9.90 Å². The average molecular weight is 396 g/mol. The molecule has 0 radical (unpaired) electrons. The molecule has 0 bridgehead atoms. The molecule has 0 aromatic heterocycles. The van der Waals surface area contributed by atoms with Crippen molar-refractivity contribution in [2.75, 3.05) is 68.7 Å². The van der Waals surface area contributed by atoms with E-state index in [1.54, 1.807) is 12.1 Å². The Labute approximate surface area is 172 Å². The first-order chi connectivity index (χ1) is 14.1. The highest BCUT2D eigenvalue weighted by molar-refractivity contribution is 5.77. The predicted octanol–water partition coefficient (Wildman–Crippen LogP) is 0.754. The van der Waals surface area contributed by atoms with Crippen molar-refractivity contribution in [3.63, 3.8) is 0 Å². The number of phenolic OH excluding ortho intramolecular Hbond substituents is 1. The zero-order chi connectivity index (χ0) is 20.2. The van der Waals surface area contributed by atoms with Gasteiger partial charge in [0.1, 0.15) is 5.75 Å². The fourth-order valence-electron chi connectivity index (χ4n) is 4.36. The summed E-state index contributed by atoms with van der Waals surface area (Å²) in [5.74, 6) is 0.558. The highest BCUT2D eigenvalue weighted by atomic mass is 16.3. The van der Waals surface area contributed by atoms with Crippen LogP contribution < -0.4 is 14.7 Å². The van der Waals surface area contributed by atoms with Crippen molar-refractivity contribution in [2.45, 2.75) is 6.92 Å². The molecule has 2 saturated heterocycles. The van der Waals surface area contributed by atoms with Crippen molar-refractivity contribution in [1.29, 1.82) is 0 Å². The van der Waals surface area contributed by atoms with Gasteiger partial charge in [0.2, 0.25) is 0 Å². The molecular weight excluding hydrogens is 364 g/mol. The van der Waals surface area contributed by atoms with E-state index in [1.165, 1.54) is 16.2 Å². The summed E-state index contributed by atoms with van der Waals surface area (Å²) in [5.41, 5.74) is 3.75. The zero-order valence-corrected chi connectivity index (χ0v) is 17.2. The molecule has 2 N–H and O–H groups in total. The number of anilines is 2. The molecule has 2 aliphatic rings. The van der Waals surface area contributed by atoms with Gasteiger partial charge in [-0.25, -0.2) is 0 Å². The Morgan fingerprint density at radius 2 is 1.55 bits per heavy atom. The second-order valence-corrected chi connectivity index (χ2v) is 8.08. The van der Waals surface area contributed by atoms with Crippen LogP contribution in [0.25, 0.3) is 0 Å². The standard InChI is InChI=1S/C23H30N4O2/c1-19-4-2-3-5-22(19)26-12-10-24(11-13-26)18-23(29)27-16-14-25(15-17-27)20-6-8-21(28)9-7-20/h2-9,28H,10-18H2,1H3/p+1. The number of carbonyl (C=O) groups excluding carboxylic acids is 1. The number of benzene rings is 2. The number of hydrogen-bond donors (Lipinski definition) is 2. The topological polar surface area (TPSA) is 51.5 Å². The van der Waals surface area contributed by atoms with Gasteiger partial charge >= 0.3 is 0 Å². The van der Waals surface area contributed by atoms with Gasteiger partial charge in [-0.2, -0.15) is 0 Å². The number of rotatable bonds is 4. The number of nitrogens with zero attached hydrogens (tertiary/aromatic N) is 3. The van der Waals surface area contributed by atoms with E-state index < -0.39 is 0 Å². The summed E-state index contributed by atoms with van der Waals surface area (Å²) in [6.45, 7) is 9.99. The van der Waals surface area contributed by atoms with Gasteiger partial charge in [-0.1, -0.05) is 18.2 Å². The minimum Gasteiger partial charge on any atom is -0.508 e. The summed E-state index contributed by atoms with van der Waals surface area (Å²) < 4.78 is 0. The number of aryl methyl sites for hydroxylation is 1. The number of carbonyl (C=O) groups is 1. The van der Waals surface area contributed by atoms with Crippen LogP contribution >= 0.6 is 0 Å². The first-order valence-electron chi connectivity index (χ1n) is 10.6. The Bertz CT molecular complexity index is 823. The number of aromatic hydroxyl groups is 1. The van der Waals surface area contributed by atoms with Crippen molar-refractivity contribution in [3.8, 4) is 5.75 Å². The van der Waals surface area contributed by atoms with Crippen molar-refractivity contribution in [1.82, 2.24) is 4.90 Å². The number of para-hydroxylation sites is 1. The van der Waals surface area contributed by atoms with Gasteiger partial charge in [0.25, 0.3) is 5.91 Å². The highest BCUT2D eigenvalue weighted by Crippen LogP contribution is 2.20. The average Bonchev–Trinajstić information content (AvgIpc) is 2.75. The zero-order valence-electron chi connectivity index (χ0n) is 17.2. The van der Waals surface area contributed by atoms with Gasteiger partial charge < -0.3 is 24.7 Å². The molecular formula is C23H31N4O2+. The molecule has 0 spiro atoms. The molecule has 6 heteroatoms. The lowest BCUT2D eigenvalue weighted by molar-refractivity contribution is -0.892. The monoisotopic (exact) mass is 395 g/mol. The fourth-order valence-corrected chi connectivity index (χ4v) is 4.36. The summed E-state index contributed by atoms with van der Waals surface area (Å²) in [6.07, 6.45) is 0. The maximum Gasteiger partial charge on any atom is 0.277 e. The summed E-state index contributed by atoms with van der Waals surface area (Å²) in [4.78, 5) is 20.9. The molecule has 2 aromatic rings. The van der Waals surface area contributed by atoms with Crippen LogP contribution in [0.1, 0.15) is 5.56 Å². The Hall–Kier alpha value is -2.73. The van der Waals surface area contributed by atoms with Crippen LogP contribution in [0.5, 0.6) is 5.75 Å². The van der Waals surface area contributed by atoms with Gasteiger partial charge in [-0.15, -0.1) is 0 Å². The Morgan fingerprint density at radius 3 is 2.21 bits per heavy atom. The second-order valence-electron chi connectivity index (χ2n) is 8.08. The quantitative estimate of drug-likeness (QED) is 0.803. The van der Waals surface area contributed by atoms with E-state index >= 15 is 0 Å². The Morgan fingerprint density at radius 1 is 0.897 bits per heavy atom. The van der Waals surface area contributed by atoms with E-state index in [4.69, 9.17) is 0 Å². The van der Waals surface area contributed by atoms with Gasteiger partial charge in [0.15, 0.2) is 6.54 Å². The number of piperazine rings is 2. The van der Waals surface area contributed by atoms with E-state index in [1.807, 2.05) is 17.0 Å². The van der Waals surface area contributed by atoms with Gasteiger partial charge in [-0.3, -0.25) is 4.79 Å². The van der Waals surface area contributed by atoms with Crippen molar-refractivity contribution >= 4 is 17.3 Å². The summed E-state index contributed by atoms with van der Waals surface area (Å²) in [7, 11) is 0. The predicted molar refractivity (Wildman–Crippen MR) is 116 cm³/mol. The lowest BCUT2D eigenvalue weighted by atomic mass is 10.1. The van der Waals surface area contributed by atoms with Gasteiger partial charge in [0.05, 0.1) is 26.2 Å². The molecule has 0 aliphatic carbocycles. The van der Waals surface area contributed by atoms with Crippen LogP contribution in [0.3, 0.4) is 0 Å². The van der Waals surface area contributed by atoms with Crippen molar-refractivity contribution in [2.24, 2.45) is 0 Å². The molecule has 0 saturated carbocycles. The van der Waals surface area contributed by atoms with Crippen LogP contribution in [0.15, 0.2) is 48.5 Å². The van der Waals surface area contributed by atoms with E-state index in [0.717, 1.165) is 58.0 Å². The molecule has 2 aliphatic heterocycles. The largest absolute Gasteiger partial charge is 0.508 e. The van der Waals surface area contributed by atoms with Gasteiger partial charge in [-0.05, 0) is 42.8 Å². The van der Waals surface area contributed by atoms with E-state index in [2.05, 4.69) is 41.0 Å².